The number of nitrogens with one attached hydrogen (secondary N) is 2. The van der Waals surface area contributed by atoms with Gasteiger partial charge in [-0.3, -0.25) is 14.4 Å². The van der Waals surface area contributed by atoms with Gasteiger partial charge in [0.2, 0.25) is 0 Å². The maximum Gasteiger partial charge on any atom is 0.322 e. The van der Waals surface area contributed by atoms with Crippen LogP contribution in [0, 0.1) is 0 Å². The molecule has 2 aromatic rings. The Bertz CT molecular complexity index is 857. The van der Waals surface area contributed by atoms with Crippen LogP contribution >= 0.6 is 0 Å². The molecule has 0 aliphatic heterocycles. The molecule has 9 nitrogen and oxygen atoms in total. The third kappa shape index (κ3) is 3.09. The molecule has 0 aliphatic rings. The van der Waals surface area contributed by atoms with Crippen molar-refractivity contribution in [1.29, 1.82) is 0 Å². The number of hydrogen-bond donors (Lipinski definition) is 4. The van der Waals surface area contributed by atoms with Gasteiger partial charge in [0, 0.05) is 5.39 Å². The number of aromatic amines is 1. The highest BCUT2D eigenvalue weighted by atomic mass is 16.5. The summed E-state index contributed by atoms with van der Waals surface area (Å²) in [5, 5.41) is 21.1. The van der Waals surface area contributed by atoms with Crippen molar-refractivity contribution in [2.45, 2.75) is 6.92 Å². The van der Waals surface area contributed by atoms with Crippen molar-refractivity contribution in [2.75, 3.05) is 20.3 Å². The first-order valence-corrected chi connectivity index (χ1v) is 6.99. The standard InChI is InChI=1S/C15H16N2O7/c1-3-24-8-5-4-7-11(13(8)23-2)17-15(22)10(12(7)20)14(21)16-6-9(18)19/h4-5H,3,6H2,1-2H3,(H,16,21)(H,18,19)(H2,17,20,22). The summed E-state index contributed by atoms with van der Waals surface area (Å²) in [5.41, 5.74) is -1.29. The summed E-state index contributed by atoms with van der Waals surface area (Å²) in [6.07, 6.45) is 0. The second kappa shape index (κ2) is 6.90. The molecule has 1 aromatic carbocycles. The largest absolute Gasteiger partial charge is 0.506 e. The number of aromatic hydroxyl groups is 1. The van der Waals surface area contributed by atoms with Crippen LogP contribution in [-0.2, 0) is 4.79 Å². The number of rotatable bonds is 6. The Morgan fingerprint density at radius 2 is 2.04 bits per heavy atom. The molecule has 1 amide bonds. The van der Waals surface area contributed by atoms with Crippen molar-refractivity contribution >= 4 is 22.8 Å². The van der Waals surface area contributed by atoms with Crippen molar-refractivity contribution in [3.8, 4) is 17.2 Å². The number of ether oxygens (including phenoxy) is 2. The van der Waals surface area contributed by atoms with Crippen LogP contribution in [0.2, 0.25) is 0 Å². The zero-order valence-corrected chi connectivity index (χ0v) is 13.0. The molecular formula is C15H16N2O7. The number of carbonyl (C=O) groups is 2. The van der Waals surface area contributed by atoms with Gasteiger partial charge in [0.25, 0.3) is 11.5 Å². The lowest BCUT2D eigenvalue weighted by atomic mass is 10.1. The maximum atomic E-state index is 12.2. The number of pyridine rings is 1. The lowest BCUT2D eigenvalue weighted by Gasteiger charge is -2.13. The number of amides is 1. The molecule has 0 saturated carbocycles. The van der Waals surface area contributed by atoms with Crippen molar-refractivity contribution in [1.82, 2.24) is 10.3 Å². The minimum absolute atomic E-state index is 0.162. The highest BCUT2D eigenvalue weighted by Gasteiger charge is 2.22. The second-order valence-electron chi connectivity index (χ2n) is 4.71. The molecule has 128 valence electrons. The van der Waals surface area contributed by atoms with Gasteiger partial charge in [-0.2, -0.15) is 0 Å². The summed E-state index contributed by atoms with van der Waals surface area (Å²) in [5.74, 6) is -2.27. The zero-order valence-electron chi connectivity index (χ0n) is 13.0. The molecule has 0 fully saturated rings. The molecule has 24 heavy (non-hydrogen) atoms. The third-order valence-electron chi connectivity index (χ3n) is 3.21. The van der Waals surface area contributed by atoms with Crippen molar-refractivity contribution < 1.29 is 29.3 Å². The molecule has 0 aliphatic carbocycles. The summed E-state index contributed by atoms with van der Waals surface area (Å²) in [6.45, 7) is 1.47. The van der Waals surface area contributed by atoms with Gasteiger partial charge < -0.3 is 30.0 Å². The first-order valence-electron chi connectivity index (χ1n) is 6.99. The minimum Gasteiger partial charge on any atom is -0.506 e. The van der Waals surface area contributed by atoms with E-state index in [-0.39, 0.29) is 16.7 Å². The van der Waals surface area contributed by atoms with Crippen LogP contribution in [0.4, 0.5) is 0 Å². The molecule has 9 heteroatoms. The van der Waals surface area contributed by atoms with Crippen LogP contribution in [0.1, 0.15) is 17.3 Å². The highest BCUT2D eigenvalue weighted by molar-refractivity contribution is 6.04. The van der Waals surface area contributed by atoms with Crippen LogP contribution in [0.3, 0.4) is 0 Å². The molecule has 0 spiro atoms. The number of H-pyrrole nitrogens is 1. The van der Waals surface area contributed by atoms with Gasteiger partial charge in [0.1, 0.15) is 17.9 Å². The van der Waals surface area contributed by atoms with Crippen LogP contribution in [0.5, 0.6) is 17.2 Å². The number of carboxylic acids is 1. The lowest BCUT2D eigenvalue weighted by Crippen LogP contribution is -2.33. The number of carbonyl (C=O) groups excluding carboxylic acids is 1. The number of aliphatic carboxylic acids is 1. The monoisotopic (exact) mass is 336 g/mol. The van der Waals surface area contributed by atoms with Crippen LogP contribution in [0.15, 0.2) is 16.9 Å². The molecule has 0 unspecified atom stereocenters. The fourth-order valence-electron chi connectivity index (χ4n) is 2.23. The Morgan fingerprint density at radius 1 is 1.33 bits per heavy atom. The van der Waals surface area contributed by atoms with E-state index in [1.807, 2.05) is 5.32 Å². The minimum atomic E-state index is -1.27. The Balaban J connectivity index is 2.62. The van der Waals surface area contributed by atoms with Crippen molar-refractivity contribution in [2.24, 2.45) is 0 Å². The van der Waals surface area contributed by atoms with Gasteiger partial charge in [0.15, 0.2) is 11.5 Å². The number of aromatic nitrogens is 1. The summed E-state index contributed by atoms with van der Waals surface area (Å²) in [6, 6.07) is 2.99. The fraction of sp³-hybridized carbons (Fsp3) is 0.267. The molecule has 0 bridgehead atoms. The first kappa shape index (κ1) is 17.1. The average Bonchev–Trinajstić information content (AvgIpc) is 2.53. The van der Waals surface area contributed by atoms with E-state index in [1.54, 1.807) is 6.92 Å². The Morgan fingerprint density at radius 3 is 2.62 bits per heavy atom. The van der Waals surface area contributed by atoms with Crippen LogP contribution in [-0.4, -0.2) is 47.3 Å². The van der Waals surface area contributed by atoms with E-state index in [1.165, 1.54) is 19.2 Å². The average molecular weight is 336 g/mol. The number of hydrogen-bond acceptors (Lipinski definition) is 6. The van der Waals surface area contributed by atoms with E-state index in [9.17, 15) is 19.5 Å². The smallest absolute Gasteiger partial charge is 0.322 e. The van der Waals surface area contributed by atoms with E-state index in [2.05, 4.69) is 4.98 Å². The highest BCUT2D eigenvalue weighted by Crippen LogP contribution is 2.37. The van der Waals surface area contributed by atoms with Crippen molar-refractivity contribution in [3.05, 3.63) is 28.0 Å². The predicted octanol–water partition coefficient (Wildman–Crippen LogP) is 0.455. The normalized spacial score (nSPS) is 10.4. The van der Waals surface area contributed by atoms with Crippen LogP contribution in [0.25, 0.3) is 10.9 Å². The van der Waals surface area contributed by atoms with E-state index >= 15 is 0 Å². The van der Waals surface area contributed by atoms with Gasteiger partial charge in [-0.15, -0.1) is 0 Å². The number of methoxy groups -OCH3 is 1. The van der Waals surface area contributed by atoms with E-state index in [0.29, 0.717) is 12.4 Å². The molecule has 1 heterocycles. The van der Waals surface area contributed by atoms with E-state index in [0.717, 1.165) is 0 Å². The number of fused-ring (bicyclic) bond motifs is 1. The molecule has 0 saturated heterocycles. The predicted molar refractivity (Wildman–Crippen MR) is 83.9 cm³/mol. The van der Waals surface area contributed by atoms with Gasteiger partial charge in [-0.25, -0.2) is 0 Å². The second-order valence-corrected chi connectivity index (χ2v) is 4.71. The van der Waals surface area contributed by atoms with Gasteiger partial charge in [0.05, 0.1) is 19.2 Å². The number of carboxylic acid groups (broad SMARTS) is 1. The molecular weight excluding hydrogens is 320 g/mol. The quantitative estimate of drug-likeness (QED) is 0.601. The Kier molecular flexibility index (Phi) is 4.93. The van der Waals surface area contributed by atoms with Gasteiger partial charge in [-0.05, 0) is 19.1 Å². The molecule has 0 radical (unpaired) electrons. The zero-order chi connectivity index (χ0) is 17.9. The van der Waals surface area contributed by atoms with E-state index < -0.39 is 35.3 Å². The molecule has 0 atom stereocenters. The summed E-state index contributed by atoms with van der Waals surface area (Å²) >= 11 is 0. The Labute approximate surface area is 135 Å². The fourth-order valence-corrected chi connectivity index (χ4v) is 2.23. The number of benzene rings is 1. The van der Waals surface area contributed by atoms with E-state index in [4.69, 9.17) is 14.6 Å². The van der Waals surface area contributed by atoms with Gasteiger partial charge in [-0.1, -0.05) is 0 Å². The molecule has 1 aromatic heterocycles. The lowest BCUT2D eigenvalue weighted by molar-refractivity contribution is -0.135. The summed E-state index contributed by atoms with van der Waals surface area (Å²) < 4.78 is 10.6. The van der Waals surface area contributed by atoms with Crippen LogP contribution < -0.4 is 20.3 Å². The molecule has 2 rings (SSSR count). The topological polar surface area (TPSA) is 138 Å². The third-order valence-corrected chi connectivity index (χ3v) is 3.21. The molecule has 4 N–H and O–H groups in total. The summed E-state index contributed by atoms with van der Waals surface area (Å²) in [4.78, 5) is 37.1. The first-order chi connectivity index (χ1) is 11.4. The Hall–Kier alpha value is -3.23. The maximum absolute atomic E-state index is 12.2. The SMILES string of the molecule is CCOc1ccc2c(O)c(C(=O)NCC(=O)O)c(=O)[nH]c2c1OC. The van der Waals surface area contributed by atoms with Crippen molar-refractivity contribution in [3.63, 3.8) is 0 Å². The summed E-state index contributed by atoms with van der Waals surface area (Å²) in [7, 11) is 1.38. The van der Waals surface area contributed by atoms with Gasteiger partial charge >= 0.3 is 5.97 Å².